The van der Waals surface area contributed by atoms with E-state index in [1.54, 1.807) is 0 Å². The predicted molar refractivity (Wildman–Crippen MR) is 72.6 cm³/mol. The van der Waals surface area contributed by atoms with Gasteiger partial charge in [0.25, 0.3) is 0 Å². The van der Waals surface area contributed by atoms with Gasteiger partial charge in [0.15, 0.2) is 0 Å². The van der Waals surface area contributed by atoms with Crippen molar-refractivity contribution in [2.45, 2.75) is 0 Å². The molecule has 1 aromatic rings. The molecule has 0 saturated carbocycles. The van der Waals surface area contributed by atoms with Gasteiger partial charge in [0.1, 0.15) is 13.1 Å². The molecular formula is C11H11BINO4. The third-order valence-electron chi connectivity index (χ3n) is 3.67. The Morgan fingerprint density at radius 3 is 2.11 bits per heavy atom. The van der Waals surface area contributed by atoms with Gasteiger partial charge in [-0.3, -0.25) is 9.59 Å². The molecule has 3 rings (SSSR count). The van der Waals surface area contributed by atoms with Gasteiger partial charge in [0, 0.05) is 10.6 Å². The zero-order chi connectivity index (χ0) is 13.0. The molecule has 2 heterocycles. The molecule has 0 amide bonds. The summed E-state index contributed by atoms with van der Waals surface area (Å²) in [4.78, 5) is 23.2. The SMILES string of the molecule is C[N+]12CC(=O)O[B-]1(c1ccc(I)cc1)OC(=O)C2. The number of carbonyl (C=O) groups is 2. The van der Waals surface area contributed by atoms with E-state index in [4.69, 9.17) is 9.31 Å². The number of hydrogen-bond acceptors (Lipinski definition) is 4. The lowest BCUT2D eigenvalue weighted by molar-refractivity contribution is -0.791. The van der Waals surface area contributed by atoms with E-state index >= 15 is 0 Å². The molecule has 94 valence electrons. The number of likely N-dealkylation sites (N-methyl/N-ethyl adjacent to an activating group) is 1. The number of hydrogen-bond donors (Lipinski definition) is 0. The van der Waals surface area contributed by atoms with E-state index < -0.39 is 6.69 Å². The molecular weight excluding hydrogens is 348 g/mol. The minimum absolute atomic E-state index is 0.178. The summed E-state index contributed by atoms with van der Waals surface area (Å²) in [5.74, 6) is -0.632. The smallest absolute Gasteiger partial charge is 0.596 e. The second kappa shape index (κ2) is 3.70. The largest absolute Gasteiger partial charge is 0.614 e. The van der Waals surface area contributed by atoms with E-state index in [0.29, 0.717) is 0 Å². The molecule has 2 saturated heterocycles. The quantitative estimate of drug-likeness (QED) is 0.523. The predicted octanol–water partition coefficient (Wildman–Crippen LogP) is -0.00270. The van der Waals surface area contributed by atoms with Crippen LogP contribution in [0.25, 0.3) is 0 Å². The molecule has 7 heteroatoms. The van der Waals surface area contributed by atoms with Gasteiger partial charge in [-0.1, -0.05) is 29.7 Å². The van der Waals surface area contributed by atoms with Crippen molar-refractivity contribution in [3.05, 3.63) is 27.8 Å². The van der Waals surface area contributed by atoms with Crippen LogP contribution in [-0.2, 0) is 18.9 Å². The van der Waals surface area contributed by atoms with E-state index in [2.05, 4.69) is 22.6 Å². The number of carbonyl (C=O) groups excluding carboxylic acids is 2. The highest BCUT2D eigenvalue weighted by atomic mass is 127. The van der Waals surface area contributed by atoms with Gasteiger partial charge in [-0.25, -0.2) is 0 Å². The number of nitrogens with zero attached hydrogens (tertiary/aromatic N) is 1. The van der Waals surface area contributed by atoms with Crippen molar-refractivity contribution in [3.63, 3.8) is 0 Å². The van der Waals surface area contributed by atoms with Gasteiger partial charge in [-0.05, 0) is 22.6 Å². The third kappa shape index (κ3) is 1.50. The molecule has 0 unspecified atom stereocenters. The van der Waals surface area contributed by atoms with Gasteiger partial charge in [-0.15, -0.1) is 0 Å². The van der Waals surface area contributed by atoms with Crippen molar-refractivity contribution < 1.29 is 23.3 Å². The zero-order valence-electron chi connectivity index (χ0n) is 9.76. The highest BCUT2D eigenvalue weighted by molar-refractivity contribution is 14.1. The molecule has 18 heavy (non-hydrogen) atoms. The van der Waals surface area contributed by atoms with Gasteiger partial charge in [-0.2, -0.15) is 0 Å². The van der Waals surface area contributed by atoms with Crippen LogP contribution in [0, 0.1) is 3.57 Å². The van der Waals surface area contributed by atoms with Crippen LogP contribution in [0.5, 0.6) is 0 Å². The van der Waals surface area contributed by atoms with Gasteiger partial charge in [0.05, 0.1) is 0 Å². The first-order valence-electron chi connectivity index (χ1n) is 5.63. The van der Waals surface area contributed by atoms with Crippen LogP contribution < -0.4 is 5.46 Å². The summed E-state index contributed by atoms with van der Waals surface area (Å²) < 4.78 is 12.1. The lowest BCUT2D eigenvalue weighted by Gasteiger charge is -2.39. The average molecular weight is 359 g/mol. The Morgan fingerprint density at radius 1 is 1.11 bits per heavy atom. The van der Waals surface area contributed by atoms with Crippen molar-refractivity contribution in [3.8, 4) is 0 Å². The molecule has 0 atom stereocenters. The fraction of sp³-hybridized carbons (Fsp3) is 0.273. The van der Waals surface area contributed by atoms with Gasteiger partial charge >= 0.3 is 18.6 Å². The molecule has 2 aliphatic heterocycles. The van der Waals surface area contributed by atoms with Crippen LogP contribution >= 0.6 is 22.6 Å². The van der Waals surface area contributed by atoms with E-state index in [-0.39, 0.29) is 29.4 Å². The Labute approximate surface area is 118 Å². The molecule has 1 aromatic carbocycles. The summed E-state index contributed by atoms with van der Waals surface area (Å²) in [6, 6.07) is 7.54. The second-order valence-corrected chi connectivity index (χ2v) is 6.24. The zero-order valence-corrected chi connectivity index (χ0v) is 11.9. The van der Waals surface area contributed by atoms with Crippen molar-refractivity contribution in [1.82, 2.24) is 0 Å². The maximum absolute atomic E-state index is 11.6. The van der Waals surface area contributed by atoms with Crippen molar-refractivity contribution in [1.29, 1.82) is 0 Å². The van der Waals surface area contributed by atoms with E-state index in [0.717, 1.165) is 9.03 Å². The Bertz CT molecular complexity index is 524. The molecule has 0 N–H and O–H groups in total. The first-order valence-corrected chi connectivity index (χ1v) is 6.71. The summed E-state index contributed by atoms with van der Waals surface area (Å²) >= 11 is 2.20. The molecule has 0 aliphatic carbocycles. The fourth-order valence-electron chi connectivity index (χ4n) is 2.80. The summed E-state index contributed by atoms with van der Waals surface area (Å²) in [5.41, 5.74) is 0.759. The summed E-state index contributed by atoms with van der Waals surface area (Å²) in [7, 11) is 1.83. The maximum atomic E-state index is 11.6. The van der Waals surface area contributed by atoms with Crippen LogP contribution in [0.1, 0.15) is 0 Å². The number of rotatable bonds is 1. The highest BCUT2D eigenvalue weighted by Gasteiger charge is 2.65. The average Bonchev–Trinajstić information content (AvgIpc) is 2.63. The van der Waals surface area contributed by atoms with Crippen LogP contribution in [0.2, 0.25) is 0 Å². The summed E-state index contributed by atoms with van der Waals surface area (Å²) in [6.07, 6.45) is 0. The summed E-state index contributed by atoms with van der Waals surface area (Å²) in [5, 5.41) is 0. The summed E-state index contributed by atoms with van der Waals surface area (Å²) in [6.45, 7) is -1.71. The standard InChI is InChI=1S/C11H11BINO4/c1-14-6-10(15)17-12(14,18-11(16)7-14)8-2-4-9(13)5-3-8/h2-5H,6-7H2,1H3. The lowest BCUT2D eigenvalue weighted by Crippen LogP contribution is -2.67. The number of benzene rings is 1. The Hall–Kier alpha value is -1.09. The van der Waals surface area contributed by atoms with E-state index in [1.165, 1.54) is 0 Å². The Morgan fingerprint density at radius 2 is 1.61 bits per heavy atom. The number of quaternary nitrogens is 1. The molecule has 0 spiro atoms. The molecule has 0 aromatic heterocycles. The fourth-order valence-corrected chi connectivity index (χ4v) is 3.16. The van der Waals surface area contributed by atoms with E-state index in [9.17, 15) is 9.59 Å². The molecule has 0 bridgehead atoms. The topological polar surface area (TPSA) is 52.6 Å². The molecule has 0 radical (unpaired) electrons. The maximum Gasteiger partial charge on any atom is 0.614 e. The minimum atomic E-state index is -2.07. The first-order chi connectivity index (χ1) is 8.45. The van der Waals surface area contributed by atoms with Crippen molar-refractivity contribution in [2.24, 2.45) is 0 Å². The second-order valence-electron chi connectivity index (χ2n) is 5.00. The van der Waals surface area contributed by atoms with Crippen LogP contribution in [0.4, 0.5) is 0 Å². The Balaban J connectivity index is 2.13. The normalized spacial score (nSPS) is 34.1. The van der Waals surface area contributed by atoms with E-state index in [1.807, 2.05) is 31.3 Å². The first kappa shape index (κ1) is 12.0. The highest BCUT2D eigenvalue weighted by Crippen LogP contribution is 2.33. The van der Waals surface area contributed by atoms with Crippen molar-refractivity contribution >= 4 is 46.7 Å². The number of fused-ring (bicyclic) bond motifs is 1. The van der Waals surface area contributed by atoms with Crippen LogP contribution in [0.15, 0.2) is 24.3 Å². The monoisotopic (exact) mass is 359 g/mol. The molecule has 2 fully saturated rings. The number of halogens is 1. The van der Waals surface area contributed by atoms with Crippen molar-refractivity contribution in [2.75, 3.05) is 20.1 Å². The van der Waals surface area contributed by atoms with Crippen LogP contribution in [-0.4, -0.2) is 43.2 Å². The molecule has 2 aliphatic rings. The minimum Gasteiger partial charge on any atom is -0.596 e. The van der Waals surface area contributed by atoms with Gasteiger partial charge < -0.3 is 13.7 Å². The van der Waals surface area contributed by atoms with Crippen LogP contribution in [0.3, 0.4) is 0 Å². The Kier molecular flexibility index (Phi) is 2.46. The van der Waals surface area contributed by atoms with Gasteiger partial charge in [0.2, 0.25) is 0 Å². The lowest BCUT2D eigenvalue weighted by atomic mass is 9.61. The third-order valence-corrected chi connectivity index (χ3v) is 4.39. The molecule has 5 nitrogen and oxygen atoms in total.